The van der Waals surface area contributed by atoms with Crippen LogP contribution in [0.5, 0.6) is 0 Å². The normalized spacial score (nSPS) is 10.9. The quantitative estimate of drug-likeness (QED) is 0.887. The van der Waals surface area contributed by atoms with Crippen LogP contribution in [0.3, 0.4) is 0 Å². The summed E-state index contributed by atoms with van der Waals surface area (Å²) in [5.74, 6) is -0.0371. The van der Waals surface area contributed by atoms with Gasteiger partial charge < -0.3 is 10.6 Å². The second-order valence-corrected chi connectivity index (χ2v) is 5.50. The molecule has 1 aromatic heterocycles. The minimum absolute atomic E-state index is 0. The summed E-state index contributed by atoms with van der Waals surface area (Å²) in [5, 5.41) is 15.4. The number of aromatic nitrogens is 3. The molecule has 0 saturated carbocycles. The Labute approximate surface area is 117 Å². The van der Waals surface area contributed by atoms with Crippen LogP contribution in [-0.4, -0.2) is 31.7 Å². The molecule has 0 amide bonds. The van der Waals surface area contributed by atoms with Crippen LogP contribution >= 0.6 is 0 Å². The lowest BCUT2D eigenvalue weighted by Gasteiger charge is -2.18. The van der Waals surface area contributed by atoms with E-state index in [-0.39, 0.29) is 17.3 Å². The third-order valence-electron chi connectivity index (χ3n) is 2.86. The van der Waals surface area contributed by atoms with Crippen LogP contribution in [0.2, 0.25) is 0 Å². The molecular weight excluding hydrogens is 258 g/mol. The minimum Gasteiger partial charge on any atom is -0.481 e. The molecule has 0 aliphatic carbocycles. The lowest BCUT2D eigenvalue weighted by molar-refractivity contribution is -0.136. The van der Waals surface area contributed by atoms with Gasteiger partial charge in [0.2, 0.25) is 0 Å². The number of aliphatic carboxylic acids is 1. The summed E-state index contributed by atoms with van der Waals surface area (Å²) in [5.41, 5.74) is 2.21. The number of carboxylic acid groups (broad SMARTS) is 1. The van der Waals surface area contributed by atoms with Gasteiger partial charge in [-0.3, -0.25) is 9.89 Å². The molecule has 0 unspecified atom stereocenters. The van der Waals surface area contributed by atoms with Gasteiger partial charge in [-0.1, -0.05) is 45.0 Å². The predicted octanol–water partition coefficient (Wildman–Crippen LogP) is 1.57. The maximum Gasteiger partial charge on any atom is 0.311 e. The van der Waals surface area contributed by atoms with E-state index in [1.165, 1.54) is 5.56 Å². The average molecular weight is 277 g/mol. The Kier molecular flexibility index (Phi) is 4.62. The number of aromatic amines is 1. The van der Waals surface area contributed by atoms with Gasteiger partial charge in [0.25, 0.3) is 0 Å². The molecule has 0 fully saturated rings. The molecule has 0 saturated heterocycles. The predicted molar refractivity (Wildman–Crippen MR) is 75.5 cm³/mol. The van der Waals surface area contributed by atoms with Crippen LogP contribution in [0.15, 0.2) is 24.3 Å². The van der Waals surface area contributed by atoms with Gasteiger partial charge in [-0.2, -0.15) is 5.10 Å². The van der Waals surface area contributed by atoms with Crippen LogP contribution < -0.4 is 0 Å². The van der Waals surface area contributed by atoms with E-state index in [1.807, 2.05) is 24.3 Å². The summed E-state index contributed by atoms with van der Waals surface area (Å²) in [7, 11) is 0. The third kappa shape index (κ3) is 3.64. The zero-order chi connectivity index (χ0) is 14.0. The summed E-state index contributed by atoms with van der Waals surface area (Å²) in [6.45, 7) is 6.46. The van der Waals surface area contributed by atoms with Gasteiger partial charge in [0.05, 0.1) is 0 Å². The highest BCUT2D eigenvalue weighted by molar-refractivity contribution is 5.69. The Morgan fingerprint density at radius 3 is 2.35 bits per heavy atom. The van der Waals surface area contributed by atoms with Crippen molar-refractivity contribution in [2.75, 3.05) is 0 Å². The minimum atomic E-state index is -0.925. The maximum absolute atomic E-state index is 10.6. The Hall–Kier alpha value is -2.21. The van der Waals surface area contributed by atoms with Crippen molar-refractivity contribution in [3.63, 3.8) is 0 Å². The Morgan fingerprint density at radius 2 is 1.85 bits per heavy atom. The van der Waals surface area contributed by atoms with E-state index < -0.39 is 5.97 Å². The number of nitrogens with one attached hydrogen (secondary N) is 1. The first-order valence-electron chi connectivity index (χ1n) is 6.10. The molecule has 0 aliphatic rings. The number of benzene rings is 1. The first-order chi connectivity index (χ1) is 8.86. The highest BCUT2D eigenvalue weighted by Crippen LogP contribution is 2.24. The van der Waals surface area contributed by atoms with E-state index in [4.69, 9.17) is 5.11 Å². The van der Waals surface area contributed by atoms with E-state index >= 15 is 0 Å². The number of carboxylic acids is 1. The summed E-state index contributed by atoms with van der Waals surface area (Å²) >= 11 is 0. The van der Waals surface area contributed by atoms with Gasteiger partial charge in [0.1, 0.15) is 12.2 Å². The van der Waals surface area contributed by atoms with Crippen molar-refractivity contribution < 1.29 is 15.4 Å². The summed E-state index contributed by atoms with van der Waals surface area (Å²) in [6, 6.07) is 7.99. The zero-order valence-electron chi connectivity index (χ0n) is 11.8. The lowest BCUT2D eigenvalue weighted by atomic mass is 9.87. The molecule has 6 heteroatoms. The van der Waals surface area contributed by atoms with E-state index in [2.05, 4.69) is 36.0 Å². The van der Waals surface area contributed by atoms with Gasteiger partial charge in [0.15, 0.2) is 5.82 Å². The molecular formula is C14H19N3O3. The molecule has 1 heterocycles. The van der Waals surface area contributed by atoms with Crippen LogP contribution in [-0.2, 0) is 16.6 Å². The zero-order valence-corrected chi connectivity index (χ0v) is 11.8. The van der Waals surface area contributed by atoms with Crippen LogP contribution in [0, 0.1) is 0 Å². The monoisotopic (exact) mass is 277 g/mol. The Balaban J connectivity index is 0.00000200. The second kappa shape index (κ2) is 5.83. The number of hydrogen-bond acceptors (Lipinski definition) is 3. The lowest BCUT2D eigenvalue weighted by Crippen LogP contribution is -2.10. The van der Waals surface area contributed by atoms with E-state index in [9.17, 15) is 4.79 Å². The van der Waals surface area contributed by atoms with Crippen molar-refractivity contribution >= 4 is 5.97 Å². The number of hydrogen-bond donors (Lipinski definition) is 2. The molecule has 2 rings (SSSR count). The van der Waals surface area contributed by atoms with Gasteiger partial charge in [-0.25, -0.2) is 4.98 Å². The summed E-state index contributed by atoms with van der Waals surface area (Å²) in [4.78, 5) is 14.7. The first-order valence-corrected chi connectivity index (χ1v) is 6.10. The van der Waals surface area contributed by atoms with E-state index in [0.29, 0.717) is 11.6 Å². The van der Waals surface area contributed by atoms with Gasteiger partial charge >= 0.3 is 5.97 Å². The molecule has 0 atom stereocenters. The maximum atomic E-state index is 10.6. The molecule has 6 nitrogen and oxygen atoms in total. The fourth-order valence-corrected chi connectivity index (χ4v) is 1.77. The molecule has 2 aromatic rings. The molecule has 0 radical (unpaired) electrons. The number of nitrogens with zero attached hydrogens (tertiary/aromatic N) is 2. The van der Waals surface area contributed by atoms with Crippen molar-refractivity contribution in [2.45, 2.75) is 32.6 Å². The van der Waals surface area contributed by atoms with Crippen LogP contribution in [0.25, 0.3) is 11.4 Å². The van der Waals surface area contributed by atoms with Gasteiger partial charge in [-0.15, -0.1) is 0 Å². The average Bonchev–Trinajstić information content (AvgIpc) is 2.75. The fraction of sp³-hybridized carbons (Fsp3) is 0.357. The second-order valence-electron chi connectivity index (χ2n) is 5.50. The van der Waals surface area contributed by atoms with Crippen molar-refractivity contribution in [1.29, 1.82) is 0 Å². The standard InChI is InChI=1S/C14H17N3O2.H2O/c1-14(2,3)10-6-4-9(5-7-10)13-15-11(16-17-13)8-12(18)19;/h4-7H,8H2,1-3H3,(H,18,19)(H,15,16,17);1H2. The van der Waals surface area contributed by atoms with Crippen molar-refractivity contribution in [3.05, 3.63) is 35.7 Å². The largest absolute Gasteiger partial charge is 0.481 e. The van der Waals surface area contributed by atoms with E-state index in [1.54, 1.807) is 0 Å². The molecule has 0 aliphatic heterocycles. The molecule has 0 spiro atoms. The topological polar surface area (TPSA) is 110 Å². The van der Waals surface area contributed by atoms with E-state index in [0.717, 1.165) is 5.56 Å². The Morgan fingerprint density at radius 1 is 1.25 bits per heavy atom. The van der Waals surface area contributed by atoms with Crippen LogP contribution in [0.1, 0.15) is 32.2 Å². The van der Waals surface area contributed by atoms with Gasteiger partial charge in [-0.05, 0) is 11.0 Å². The fourth-order valence-electron chi connectivity index (χ4n) is 1.77. The smallest absolute Gasteiger partial charge is 0.311 e. The van der Waals surface area contributed by atoms with Crippen molar-refractivity contribution in [3.8, 4) is 11.4 Å². The number of H-pyrrole nitrogens is 1. The first kappa shape index (κ1) is 15.8. The molecule has 20 heavy (non-hydrogen) atoms. The Bertz CT molecular complexity index is 582. The summed E-state index contributed by atoms with van der Waals surface area (Å²) < 4.78 is 0. The molecule has 0 bridgehead atoms. The van der Waals surface area contributed by atoms with Crippen molar-refractivity contribution in [2.24, 2.45) is 0 Å². The number of rotatable bonds is 3. The SMILES string of the molecule is CC(C)(C)c1ccc(-c2n[nH]c(CC(=O)O)n2)cc1.O. The molecule has 1 aromatic carbocycles. The van der Waals surface area contributed by atoms with Gasteiger partial charge in [0, 0.05) is 5.56 Å². The highest BCUT2D eigenvalue weighted by atomic mass is 16.4. The van der Waals surface area contributed by atoms with Crippen molar-refractivity contribution in [1.82, 2.24) is 15.2 Å². The molecule has 4 N–H and O–H groups in total. The third-order valence-corrected chi connectivity index (χ3v) is 2.86. The summed E-state index contributed by atoms with van der Waals surface area (Å²) in [6.07, 6.45) is -0.146. The van der Waals surface area contributed by atoms with Crippen LogP contribution in [0.4, 0.5) is 0 Å². The number of carbonyl (C=O) groups is 1. The highest BCUT2D eigenvalue weighted by Gasteiger charge is 2.14. The molecule has 108 valence electrons.